The number of fused-ring (bicyclic) bond motifs is 2. The summed E-state index contributed by atoms with van der Waals surface area (Å²) in [6, 6.07) is 10.2. The van der Waals surface area contributed by atoms with Crippen LogP contribution in [-0.2, 0) is 0 Å². The first-order chi connectivity index (χ1) is 17.5. The number of rotatable bonds is 13. The van der Waals surface area contributed by atoms with Gasteiger partial charge in [-0.15, -0.1) is 0 Å². The maximum atomic E-state index is 12.9. The molecule has 36 heavy (non-hydrogen) atoms. The molecule has 0 aliphatic carbocycles. The van der Waals surface area contributed by atoms with Gasteiger partial charge in [-0.2, -0.15) is 0 Å². The first kappa shape index (κ1) is 25.7. The van der Waals surface area contributed by atoms with Gasteiger partial charge in [-0.25, -0.2) is 0 Å². The lowest BCUT2D eigenvalue weighted by Crippen LogP contribution is -2.30. The number of aliphatic hydroxyl groups is 2. The van der Waals surface area contributed by atoms with Crippen molar-refractivity contribution in [3.05, 3.63) is 58.7 Å². The van der Waals surface area contributed by atoms with Gasteiger partial charge < -0.3 is 10.2 Å². The molecule has 0 saturated heterocycles. The summed E-state index contributed by atoms with van der Waals surface area (Å²) in [5.41, 5.74) is 2.84. The second kappa shape index (κ2) is 11.6. The van der Waals surface area contributed by atoms with Crippen molar-refractivity contribution in [1.29, 1.82) is 0 Å². The van der Waals surface area contributed by atoms with Crippen LogP contribution < -0.4 is 0 Å². The summed E-state index contributed by atoms with van der Waals surface area (Å²) in [7, 11) is 0. The van der Waals surface area contributed by atoms with Crippen LogP contribution in [0.4, 0.5) is 0 Å². The molecular weight excluding hydrogens is 460 g/mol. The van der Waals surface area contributed by atoms with E-state index < -0.39 is 0 Å². The molecule has 0 radical (unpaired) electrons. The molecule has 8 nitrogen and oxygen atoms in total. The van der Waals surface area contributed by atoms with Gasteiger partial charge in [0.15, 0.2) is 0 Å². The number of unbranched alkanes of at least 4 members (excludes halogenated alkanes) is 6. The second-order valence-corrected chi connectivity index (χ2v) is 9.32. The number of hydrogen-bond acceptors (Lipinski definition) is 6. The van der Waals surface area contributed by atoms with E-state index in [1.807, 2.05) is 0 Å². The van der Waals surface area contributed by atoms with E-state index in [-0.39, 0.29) is 36.8 Å². The largest absolute Gasteiger partial charge is 0.396 e. The third-order valence-electron chi connectivity index (χ3n) is 6.85. The molecule has 0 bridgehead atoms. The van der Waals surface area contributed by atoms with E-state index in [2.05, 4.69) is 0 Å². The van der Waals surface area contributed by atoms with Crippen LogP contribution in [0.25, 0.3) is 11.1 Å². The highest BCUT2D eigenvalue weighted by molar-refractivity contribution is 6.23. The number of nitrogens with zero attached hydrogens (tertiary/aromatic N) is 2. The molecule has 0 aromatic heterocycles. The molecule has 2 aliphatic heterocycles. The number of benzene rings is 2. The number of amides is 4. The number of aliphatic hydroxyl groups excluding tert-OH is 2. The molecule has 0 unspecified atom stereocenters. The zero-order valence-electron chi connectivity index (χ0n) is 20.4. The van der Waals surface area contributed by atoms with E-state index in [1.54, 1.807) is 36.4 Å². The molecule has 8 heteroatoms. The molecule has 190 valence electrons. The first-order valence-electron chi connectivity index (χ1n) is 12.7. The fourth-order valence-electron chi connectivity index (χ4n) is 4.82. The Balaban J connectivity index is 1.47. The van der Waals surface area contributed by atoms with Crippen molar-refractivity contribution >= 4 is 23.6 Å². The number of hydrogen-bond donors (Lipinski definition) is 2. The van der Waals surface area contributed by atoms with Gasteiger partial charge in [-0.1, -0.05) is 37.8 Å². The molecule has 2 heterocycles. The zero-order chi connectivity index (χ0) is 25.7. The maximum absolute atomic E-state index is 12.9. The van der Waals surface area contributed by atoms with Gasteiger partial charge in [-0.3, -0.25) is 29.0 Å². The molecule has 0 spiro atoms. The van der Waals surface area contributed by atoms with Crippen LogP contribution in [0.3, 0.4) is 0 Å². The summed E-state index contributed by atoms with van der Waals surface area (Å²) >= 11 is 0. The minimum Gasteiger partial charge on any atom is -0.396 e. The van der Waals surface area contributed by atoms with Crippen LogP contribution >= 0.6 is 0 Å². The van der Waals surface area contributed by atoms with Gasteiger partial charge in [0.25, 0.3) is 23.6 Å². The van der Waals surface area contributed by atoms with Crippen molar-refractivity contribution in [3.63, 3.8) is 0 Å². The van der Waals surface area contributed by atoms with Crippen LogP contribution in [0.1, 0.15) is 92.8 Å². The van der Waals surface area contributed by atoms with Crippen molar-refractivity contribution < 1.29 is 29.4 Å². The molecule has 0 saturated carbocycles. The van der Waals surface area contributed by atoms with Crippen LogP contribution in [-0.4, -0.2) is 69.9 Å². The van der Waals surface area contributed by atoms with E-state index in [9.17, 15) is 19.2 Å². The van der Waals surface area contributed by atoms with E-state index in [1.165, 1.54) is 9.80 Å². The fourth-order valence-corrected chi connectivity index (χ4v) is 4.82. The van der Waals surface area contributed by atoms with Crippen molar-refractivity contribution in [3.8, 4) is 11.1 Å². The molecule has 2 aliphatic rings. The highest BCUT2D eigenvalue weighted by Gasteiger charge is 2.37. The van der Waals surface area contributed by atoms with Crippen molar-refractivity contribution in [1.82, 2.24) is 9.80 Å². The van der Waals surface area contributed by atoms with Crippen LogP contribution in [0.5, 0.6) is 0 Å². The molecular formula is C28H32N2O6. The Bertz CT molecular complexity index is 1080. The smallest absolute Gasteiger partial charge is 0.261 e. The minimum atomic E-state index is -0.321. The lowest BCUT2D eigenvalue weighted by Gasteiger charge is -2.13. The van der Waals surface area contributed by atoms with Gasteiger partial charge in [-0.05, 0) is 61.1 Å². The predicted molar refractivity (Wildman–Crippen MR) is 134 cm³/mol. The summed E-state index contributed by atoms with van der Waals surface area (Å²) in [6.07, 6.45) is 6.18. The SMILES string of the molecule is O=C1c2ccc(-c3ccc4c(c3)C(=O)N(CCCCCCO)C4=O)cc2C(=O)N1CCCCCCO. The third kappa shape index (κ3) is 5.10. The van der Waals surface area contributed by atoms with Crippen molar-refractivity contribution in [2.24, 2.45) is 0 Å². The first-order valence-corrected chi connectivity index (χ1v) is 12.7. The van der Waals surface area contributed by atoms with Crippen LogP contribution in [0, 0.1) is 0 Å². The average Bonchev–Trinajstić information content (AvgIpc) is 3.27. The Labute approximate surface area is 210 Å². The standard InChI is InChI=1S/C28H32N2O6/c31-15-7-3-1-5-13-29-25(33)21-11-9-19(17-23(21)27(29)35)20-10-12-22-24(18-20)28(36)30(26(22)34)14-6-2-4-8-16-32/h9-12,17-18,31-32H,1-8,13-16H2. The molecule has 2 N–H and O–H groups in total. The summed E-state index contributed by atoms with van der Waals surface area (Å²) in [6.45, 7) is 0.972. The topological polar surface area (TPSA) is 115 Å². The normalized spacial score (nSPS) is 14.7. The highest BCUT2D eigenvalue weighted by atomic mass is 16.3. The quantitative estimate of drug-likeness (QED) is 0.326. The summed E-state index contributed by atoms with van der Waals surface area (Å²) < 4.78 is 0. The Morgan fingerprint density at radius 2 is 0.833 bits per heavy atom. The molecule has 0 atom stereocenters. The van der Waals surface area contributed by atoms with E-state index >= 15 is 0 Å². The Morgan fingerprint density at radius 3 is 1.22 bits per heavy atom. The lowest BCUT2D eigenvalue weighted by atomic mass is 9.97. The monoisotopic (exact) mass is 492 g/mol. The van der Waals surface area contributed by atoms with Crippen LogP contribution in [0.2, 0.25) is 0 Å². The number of carbonyl (C=O) groups is 4. The molecule has 4 amide bonds. The summed E-state index contributed by atoms with van der Waals surface area (Å²) in [5.74, 6) is -1.24. The minimum absolute atomic E-state index is 0.141. The maximum Gasteiger partial charge on any atom is 0.261 e. The number of imide groups is 2. The summed E-state index contributed by atoms with van der Waals surface area (Å²) in [4.78, 5) is 54.0. The van der Waals surface area contributed by atoms with Gasteiger partial charge >= 0.3 is 0 Å². The Hall–Kier alpha value is -3.36. The van der Waals surface area contributed by atoms with Gasteiger partial charge in [0.2, 0.25) is 0 Å². The summed E-state index contributed by atoms with van der Waals surface area (Å²) in [5, 5.41) is 17.8. The Kier molecular flexibility index (Phi) is 8.28. The second-order valence-electron chi connectivity index (χ2n) is 9.32. The van der Waals surface area contributed by atoms with E-state index in [0.29, 0.717) is 72.2 Å². The fraction of sp³-hybridized carbons (Fsp3) is 0.429. The van der Waals surface area contributed by atoms with Gasteiger partial charge in [0.05, 0.1) is 22.3 Å². The lowest BCUT2D eigenvalue weighted by molar-refractivity contribution is 0.0635. The van der Waals surface area contributed by atoms with Crippen molar-refractivity contribution in [2.45, 2.75) is 51.4 Å². The Morgan fingerprint density at radius 1 is 0.472 bits per heavy atom. The highest BCUT2D eigenvalue weighted by Crippen LogP contribution is 2.32. The van der Waals surface area contributed by atoms with Gasteiger partial charge in [0, 0.05) is 26.3 Å². The number of carbonyl (C=O) groups excluding carboxylic acids is 4. The predicted octanol–water partition coefficient (Wildman–Crippen LogP) is 3.65. The molecule has 4 rings (SSSR count). The molecule has 0 fully saturated rings. The van der Waals surface area contributed by atoms with E-state index in [0.717, 1.165) is 25.7 Å². The van der Waals surface area contributed by atoms with Crippen LogP contribution in [0.15, 0.2) is 36.4 Å². The molecule has 2 aromatic carbocycles. The zero-order valence-corrected chi connectivity index (χ0v) is 20.4. The van der Waals surface area contributed by atoms with E-state index in [4.69, 9.17) is 10.2 Å². The third-order valence-corrected chi connectivity index (χ3v) is 6.85. The molecule has 2 aromatic rings. The average molecular weight is 493 g/mol. The van der Waals surface area contributed by atoms with Gasteiger partial charge in [0.1, 0.15) is 0 Å². The van der Waals surface area contributed by atoms with Crippen molar-refractivity contribution in [2.75, 3.05) is 26.3 Å².